The van der Waals surface area contributed by atoms with Crippen LogP contribution in [0.4, 0.5) is 5.69 Å². The molecule has 1 amide bonds. The van der Waals surface area contributed by atoms with Crippen molar-refractivity contribution in [3.05, 3.63) is 82.6 Å². The first-order valence-electron chi connectivity index (χ1n) is 13.0. The van der Waals surface area contributed by atoms with E-state index in [1.807, 2.05) is 76.3 Å². The summed E-state index contributed by atoms with van der Waals surface area (Å²) in [6, 6.07) is 17.4. The van der Waals surface area contributed by atoms with Crippen LogP contribution >= 0.6 is 11.8 Å². The molecule has 5 rings (SSSR count). The number of hydrogen-bond donors (Lipinski definition) is 1. The van der Waals surface area contributed by atoms with Crippen molar-refractivity contribution in [2.45, 2.75) is 45.7 Å². The molecule has 0 radical (unpaired) electrons. The molecule has 7 nitrogen and oxygen atoms in total. The smallest absolute Gasteiger partial charge is 0.344 e. The molecule has 0 unspecified atom stereocenters. The Balaban J connectivity index is 1.51. The summed E-state index contributed by atoms with van der Waals surface area (Å²) in [5.41, 5.74) is 2.52. The van der Waals surface area contributed by atoms with Crippen molar-refractivity contribution in [1.82, 2.24) is 9.47 Å². The molecular weight excluding hydrogens is 498 g/mol. The number of aliphatic imine (C=N–C) groups is 1. The molecule has 8 heteroatoms. The molecule has 0 saturated carbocycles. The SMILES string of the molecule is CCOC(=O)C1=C(O)/C(=C\c2cn(CC(=O)N3CCCC[C@@H]3C)c3ccccc23)SC1=Nc1ccccc1. The minimum Gasteiger partial charge on any atom is -0.506 e. The molecule has 3 aromatic rings. The molecule has 1 aromatic heterocycles. The number of ether oxygens (including phenoxy) is 1. The molecule has 3 heterocycles. The van der Waals surface area contributed by atoms with Gasteiger partial charge in [0.25, 0.3) is 0 Å². The summed E-state index contributed by atoms with van der Waals surface area (Å²) >= 11 is 1.23. The number of para-hydroxylation sites is 2. The van der Waals surface area contributed by atoms with Gasteiger partial charge in [0, 0.05) is 35.2 Å². The molecule has 2 aromatic carbocycles. The summed E-state index contributed by atoms with van der Waals surface area (Å²) < 4.78 is 7.19. The van der Waals surface area contributed by atoms with Crippen molar-refractivity contribution < 1.29 is 19.4 Å². The second-order valence-electron chi connectivity index (χ2n) is 9.47. The Morgan fingerprint density at radius 2 is 1.89 bits per heavy atom. The van der Waals surface area contributed by atoms with Gasteiger partial charge in [0.15, 0.2) is 0 Å². The lowest BCUT2D eigenvalue weighted by Crippen LogP contribution is -2.43. The number of fused-ring (bicyclic) bond motifs is 1. The maximum Gasteiger partial charge on any atom is 0.344 e. The highest BCUT2D eigenvalue weighted by molar-refractivity contribution is 8.18. The van der Waals surface area contributed by atoms with Crippen molar-refractivity contribution in [3.63, 3.8) is 0 Å². The van der Waals surface area contributed by atoms with Gasteiger partial charge in [-0.1, -0.05) is 48.2 Å². The predicted octanol–water partition coefficient (Wildman–Crippen LogP) is 6.24. The lowest BCUT2D eigenvalue weighted by atomic mass is 10.0. The zero-order chi connectivity index (χ0) is 26.6. The first-order valence-corrected chi connectivity index (χ1v) is 13.8. The Hall–Kier alpha value is -3.78. The molecule has 0 aliphatic carbocycles. The molecular formula is C30H31N3O4S. The van der Waals surface area contributed by atoms with Gasteiger partial charge in [0.1, 0.15) is 22.9 Å². The first kappa shape index (κ1) is 25.9. The van der Waals surface area contributed by atoms with Crippen LogP contribution in [0, 0.1) is 0 Å². The normalized spacial score (nSPS) is 20.1. The number of esters is 1. The molecule has 0 spiro atoms. The molecule has 0 bridgehead atoms. The Kier molecular flexibility index (Phi) is 7.69. The van der Waals surface area contributed by atoms with Gasteiger partial charge in [0.2, 0.25) is 5.91 Å². The van der Waals surface area contributed by atoms with Crippen molar-refractivity contribution in [3.8, 4) is 0 Å². The lowest BCUT2D eigenvalue weighted by Gasteiger charge is -2.33. The monoisotopic (exact) mass is 529 g/mol. The number of likely N-dealkylation sites (tertiary alicyclic amines) is 1. The van der Waals surface area contributed by atoms with E-state index in [1.165, 1.54) is 11.8 Å². The number of amides is 1. The molecule has 1 atom stereocenters. The number of aliphatic hydroxyl groups excluding tert-OH is 1. The van der Waals surface area contributed by atoms with Crippen LogP contribution in [-0.4, -0.2) is 50.7 Å². The number of carbonyl (C=O) groups is 2. The van der Waals surface area contributed by atoms with Crippen molar-refractivity contribution >= 4 is 51.3 Å². The molecule has 1 N–H and O–H groups in total. The summed E-state index contributed by atoms with van der Waals surface area (Å²) in [5, 5.41) is 12.5. The molecule has 196 valence electrons. The number of aliphatic hydroxyl groups is 1. The number of rotatable bonds is 6. The quantitative estimate of drug-likeness (QED) is 0.383. The van der Waals surface area contributed by atoms with Crippen LogP contribution in [-0.2, 0) is 20.9 Å². The fraction of sp³-hybridized carbons (Fsp3) is 0.300. The third-order valence-electron chi connectivity index (χ3n) is 6.89. The topological polar surface area (TPSA) is 84.1 Å². The van der Waals surface area contributed by atoms with Gasteiger partial charge in [-0.05, 0) is 57.4 Å². The van der Waals surface area contributed by atoms with E-state index in [9.17, 15) is 14.7 Å². The van der Waals surface area contributed by atoms with Crippen LogP contribution in [0.15, 0.2) is 82.0 Å². The van der Waals surface area contributed by atoms with E-state index in [0.29, 0.717) is 15.6 Å². The van der Waals surface area contributed by atoms with Crippen LogP contribution in [0.25, 0.3) is 17.0 Å². The van der Waals surface area contributed by atoms with E-state index in [-0.39, 0.29) is 36.4 Å². The van der Waals surface area contributed by atoms with Crippen molar-refractivity contribution in [2.24, 2.45) is 4.99 Å². The lowest BCUT2D eigenvalue weighted by molar-refractivity contribution is -0.138. The summed E-state index contributed by atoms with van der Waals surface area (Å²) in [4.78, 5) is 33.1. The Bertz CT molecular complexity index is 1450. The summed E-state index contributed by atoms with van der Waals surface area (Å²) in [6.45, 7) is 5.07. The Morgan fingerprint density at radius 1 is 1.13 bits per heavy atom. The highest BCUT2D eigenvalue weighted by Gasteiger charge is 2.33. The molecule has 2 aliphatic rings. The van der Waals surface area contributed by atoms with Crippen molar-refractivity contribution in [2.75, 3.05) is 13.2 Å². The molecule has 1 saturated heterocycles. The Labute approximate surface area is 226 Å². The Morgan fingerprint density at radius 3 is 2.66 bits per heavy atom. The van der Waals surface area contributed by atoms with E-state index in [4.69, 9.17) is 4.74 Å². The van der Waals surface area contributed by atoms with Gasteiger partial charge in [-0.15, -0.1) is 0 Å². The van der Waals surface area contributed by atoms with Gasteiger partial charge in [-0.25, -0.2) is 9.79 Å². The predicted molar refractivity (Wildman–Crippen MR) is 152 cm³/mol. The third kappa shape index (κ3) is 5.27. The highest BCUT2D eigenvalue weighted by atomic mass is 32.2. The molecule has 38 heavy (non-hydrogen) atoms. The number of piperidine rings is 1. The average Bonchev–Trinajstić information content (AvgIpc) is 3.41. The van der Waals surface area contributed by atoms with E-state index in [0.717, 1.165) is 42.3 Å². The highest BCUT2D eigenvalue weighted by Crippen LogP contribution is 2.41. The number of benzene rings is 2. The molecule has 1 fully saturated rings. The van der Waals surface area contributed by atoms with Crippen molar-refractivity contribution in [1.29, 1.82) is 0 Å². The van der Waals surface area contributed by atoms with Crippen LogP contribution in [0.1, 0.15) is 38.7 Å². The van der Waals surface area contributed by atoms with Crippen LogP contribution in [0.5, 0.6) is 0 Å². The van der Waals surface area contributed by atoms with Gasteiger partial charge in [-0.3, -0.25) is 4.79 Å². The standard InChI is InChI=1S/C30H31N3O4S/c1-3-37-30(36)27-28(35)25(38-29(27)31-22-12-5-4-6-13-22)17-21-18-32(24-15-8-7-14-23(21)24)19-26(34)33-16-10-9-11-20(33)2/h4-8,12-15,17-18,20,35H,3,9-11,16,19H2,1-2H3/b25-17+,31-29?/t20-/m0/s1. The number of thioether (sulfide) groups is 1. The fourth-order valence-electron chi connectivity index (χ4n) is 4.98. The summed E-state index contributed by atoms with van der Waals surface area (Å²) in [6.07, 6.45) is 7.02. The zero-order valence-corrected chi connectivity index (χ0v) is 22.4. The maximum atomic E-state index is 13.2. The van der Waals surface area contributed by atoms with Gasteiger partial charge < -0.3 is 19.3 Å². The van der Waals surface area contributed by atoms with Crippen LogP contribution in [0.2, 0.25) is 0 Å². The number of aromatic nitrogens is 1. The summed E-state index contributed by atoms with van der Waals surface area (Å²) in [5.74, 6) is -0.658. The average molecular weight is 530 g/mol. The summed E-state index contributed by atoms with van der Waals surface area (Å²) in [7, 11) is 0. The zero-order valence-electron chi connectivity index (χ0n) is 21.6. The van der Waals surface area contributed by atoms with E-state index in [1.54, 1.807) is 6.92 Å². The second kappa shape index (κ2) is 11.3. The van der Waals surface area contributed by atoms with Gasteiger partial charge in [-0.2, -0.15) is 0 Å². The maximum absolute atomic E-state index is 13.2. The van der Waals surface area contributed by atoms with E-state index < -0.39 is 5.97 Å². The number of carbonyl (C=O) groups excluding carboxylic acids is 2. The minimum absolute atomic E-state index is 0.0601. The first-order chi connectivity index (χ1) is 18.5. The third-order valence-corrected chi connectivity index (χ3v) is 7.91. The van der Waals surface area contributed by atoms with E-state index >= 15 is 0 Å². The van der Waals surface area contributed by atoms with Gasteiger partial charge >= 0.3 is 5.97 Å². The van der Waals surface area contributed by atoms with Crippen LogP contribution < -0.4 is 0 Å². The van der Waals surface area contributed by atoms with Gasteiger partial charge in [0.05, 0.1) is 17.2 Å². The number of nitrogens with zero attached hydrogens (tertiary/aromatic N) is 3. The largest absolute Gasteiger partial charge is 0.506 e. The second-order valence-corrected chi connectivity index (χ2v) is 10.5. The minimum atomic E-state index is -0.612. The fourth-order valence-corrected chi connectivity index (χ4v) is 6.01. The van der Waals surface area contributed by atoms with Crippen LogP contribution in [0.3, 0.4) is 0 Å². The van der Waals surface area contributed by atoms with E-state index in [2.05, 4.69) is 11.9 Å². The molecule has 2 aliphatic heterocycles. The number of hydrogen-bond acceptors (Lipinski definition) is 6.